The maximum Gasteiger partial charge on any atom is 0.349 e. The van der Waals surface area contributed by atoms with Crippen molar-refractivity contribution in [2.45, 2.75) is 0 Å². The molecule has 0 aliphatic carbocycles. The first-order valence-corrected chi connectivity index (χ1v) is 12.6. The van der Waals surface area contributed by atoms with Gasteiger partial charge in [0.2, 0.25) is 0 Å². The van der Waals surface area contributed by atoms with E-state index in [-0.39, 0.29) is 23.8 Å². The van der Waals surface area contributed by atoms with Crippen molar-refractivity contribution in [3.63, 3.8) is 0 Å². The van der Waals surface area contributed by atoms with E-state index in [2.05, 4.69) is 20.1 Å². The van der Waals surface area contributed by atoms with E-state index in [1.165, 1.54) is 17.4 Å². The predicted octanol–water partition coefficient (Wildman–Crippen LogP) is 4.67. The van der Waals surface area contributed by atoms with E-state index in [9.17, 15) is 14.0 Å². The highest BCUT2D eigenvalue weighted by Crippen LogP contribution is 2.30. The minimum atomic E-state index is -0.642. The Labute approximate surface area is 221 Å². The molecule has 1 N–H and O–H groups in total. The summed E-state index contributed by atoms with van der Waals surface area (Å²) in [6, 6.07) is 18.1. The molecule has 3 heterocycles. The lowest BCUT2D eigenvalue weighted by atomic mass is 10.0. The van der Waals surface area contributed by atoms with Crippen LogP contribution in [0.15, 0.2) is 69.9 Å². The van der Waals surface area contributed by atoms with Crippen molar-refractivity contribution in [1.82, 2.24) is 15.2 Å². The largest absolute Gasteiger partial charge is 0.422 e. The van der Waals surface area contributed by atoms with Gasteiger partial charge < -0.3 is 14.6 Å². The SMILES string of the molecule is Cl.O=C(NCCN1CCN(c2nc3c(F)cccc3s2)CC1)c1cc2c(ccc3ccccc32)oc1=O. The van der Waals surface area contributed by atoms with E-state index >= 15 is 0 Å². The van der Waals surface area contributed by atoms with Gasteiger partial charge in [0.15, 0.2) is 5.13 Å². The molecule has 0 spiro atoms. The summed E-state index contributed by atoms with van der Waals surface area (Å²) in [5.74, 6) is -0.730. The van der Waals surface area contributed by atoms with Crippen molar-refractivity contribution >= 4 is 66.7 Å². The molecule has 1 fully saturated rings. The van der Waals surface area contributed by atoms with E-state index in [1.54, 1.807) is 18.2 Å². The molecule has 7 nitrogen and oxygen atoms in total. The molecule has 1 saturated heterocycles. The molecular weight excluding hydrogens is 515 g/mol. The highest BCUT2D eigenvalue weighted by Gasteiger charge is 2.21. The second-order valence-corrected chi connectivity index (χ2v) is 9.82. The van der Waals surface area contributed by atoms with Crippen molar-refractivity contribution < 1.29 is 13.6 Å². The Morgan fingerprint density at radius 2 is 1.84 bits per heavy atom. The summed E-state index contributed by atoms with van der Waals surface area (Å²) in [6.45, 7) is 4.23. The zero-order valence-corrected chi connectivity index (χ0v) is 21.4. The summed E-state index contributed by atoms with van der Waals surface area (Å²) in [6.07, 6.45) is 0. The van der Waals surface area contributed by atoms with Crippen LogP contribution in [0.2, 0.25) is 0 Å². The number of hydrogen-bond acceptors (Lipinski definition) is 7. The lowest BCUT2D eigenvalue weighted by Gasteiger charge is -2.34. The first-order valence-electron chi connectivity index (χ1n) is 11.8. The molecule has 3 aromatic carbocycles. The van der Waals surface area contributed by atoms with Gasteiger partial charge in [0.1, 0.15) is 22.5 Å². The molecule has 5 aromatic rings. The highest BCUT2D eigenvalue weighted by molar-refractivity contribution is 7.22. The van der Waals surface area contributed by atoms with Gasteiger partial charge in [-0.25, -0.2) is 14.2 Å². The molecule has 0 radical (unpaired) electrons. The molecule has 2 aromatic heterocycles. The highest BCUT2D eigenvalue weighted by atomic mass is 35.5. The van der Waals surface area contributed by atoms with Crippen molar-refractivity contribution in [1.29, 1.82) is 0 Å². The fourth-order valence-corrected chi connectivity index (χ4v) is 5.69. The Balaban J connectivity index is 0.00000280. The number of aromatic nitrogens is 1. The van der Waals surface area contributed by atoms with E-state index < -0.39 is 11.5 Å². The molecule has 1 amide bonds. The van der Waals surface area contributed by atoms with Crippen LogP contribution in [0.1, 0.15) is 10.4 Å². The summed E-state index contributed by atoms with van der Waals surface area (Å²) in [5, 5.41) is 6.38. The molecule has 10 heteroatoms. The number of carbonyl (C=O) groups is 1. The third-order valence-electron chi connectivity index (χ3n) is 6.60. The van der Waals surface area contributed by atoms with Crippen LogP contribution in [0.25, 0.3) is 32.0 Å². The van der Waals surface area contributed by atoms with Gasteiger partial charge in [-0.3, -0.25) is 9.69 Å². The van der Waals surface area contributed by atoms with E-state index in [4.69, 9.17) is 4.42 Å². The van der Waals surface area contributed by atoms with Crippen LogP contribution >= 0.6 is 23.7 Å². The van der Waals surface area contributed by atoms with Gasteiger partial charge in [0.05, 0.1) is 4.70 Å². The fraction of sp³-hybridized carbons (Fsp3) is 0.222. The molecule has 6 rings (SSSR count). The number of carbonyl (C=O) groups excluding carboxylic acids is 1. The number of para-hydroxylation sites is 1. The van der Waals surface area contributed by atoms with E-state index in [0.717, 1.165) is 52.2 Å². The summed E-state index contributed by atoms with van der Waals surface area (Å²) in [7, 11) is 0. The zero-order valence-electron chi connectivity index (χ0n) is 19.8. The molecular formula is C27H24ClFN4O3S. The number of thiazole rings is 1. The smallest absolute Gasteiger partial charge is 0.349 e. The molecule has 0 saturated carbocycles. The molecule has 1 aliphatic rings. The summed E-state index contributed by atoms with van der Waals surface area (Å²) < 4.78 is 20.3. The Bertz CT molecular complexity index is 1660. The van der Waals surface area contributed by atoms with Gasteiger partial charge in [-0.2, -0.15) is 0 Å². The van der Waals surface area contributed by atoms with Gasteiger partial charge >= 0.3 is 5.63 Å². The Morgan fingerprint density at radius 1 is 1.03 bits per heavy atom. The van der Waals surface area contributed by atoms with Crippen molar-refractivity contribution in [2.24, 2.45) is 0 Å². The van der Waals surface area contributed by atoms with Crippen LogP contribution in [0, 0.1) is 5.82 Å². The second-order valence-electron chi connectivity index (χ2n) is 8.81. The first kappa shape index (κ1) is 25.1. The van der Waals surface area contributed by atoms with Crippen LogP contribution in [-0.2, 0) is 0 Å². The monoisotopic (exact) mass is 538 g/mol. The molecule has 1 aliphatic heterocycles. The molecule has 37 heavy (non-hydrogen) atoms. The number of nitrogens with zero attached hydrogens (tertiary/aromatic N) is 3. The van der Waals surface area contributed by atoms with Crippen molar-refractivity contribution in [2.75, 3.05) is 44.2 Å². The lowest BCUT2D eigenvalue weighted by Crippen LogP contribution is -2.48. The molecule has 0 bridgehead atoms. The number of rotatable bonds is 5. The fourth-order valence-electron chi connectivity index (χ4n) is 4.65. The zero-order chi connectivity index (χ0) is 24.6. The van der Waals surface area contributed by atoms with Gasteiger partial charge in [0, 0.05) is 44.7 Å². The topological polar surface area (TPSA) is 78.7 Å². The Hall–Kier alpha value is -3.53. The van der Waals surface area contributed by atoms with Crippen LogP contribution < -0.4 is 15.8 Å². The summed E-state index contributed by atoms with van der Waals surface area (Å²) in [5.41, 5.74) is 0.251. The predicted molar refractivity (Wildman–Crippen MR) is 148 cm³/mol. The minimum absolute atomic E-state index is 0. The number of hydrogen-bond donors (Lipinski definition) is 1. The number of piperazine rings is 1. The van der Waals surface area contributed by atoms with E-state index in [1.807, 2.05) is 36.4 Å². The van der Waals surface area contributed by atoms with Gasteiger partial charge in [-0.1, -0.05) is 47.7 Å². The normalized spacial score (nSPS) is 14.2. The number of nitrogens with one attached hydrogen (secondary N) is 1. The van der Waals surface area contributed by atoms with E-state index in [0.29, 0.717) is 24.2 Å². The summed E-state index contributed by atoms with van der Waals surface area (Å²) in [4.78, 5) is 34.2. The maximum absolute atomic E-state index is 14.0. The molecule has 190 valence electrons. The lowest BCUT2D eigenvalue weighted by molar-refractivity contribution is 0.0944. The third-order valence-corrected chi connectivity index (χ3v) is 7.68. The quantitative estimate of drug-likeness (QED) is 0.259. The van der Waals surface area contributed by atoms with Crippen LogP contribution in [0.4, 0.5) is 9.52 Å². The Kier molecular flexibility index (Phi) is 7.10. The minimum Gasteiger partial charge on any atom is -0.422 e. The average molecular weight is 539 g/mol. The maximum atomic E-state index is 14.0. The number of amides is 1. The number of fused-ring (bicyclic) bond motifs is 4. The summed E-state index contributed by atoms with van der Waals surface area (Å²) >= 11 is 1.50. The first-order chi connectivity index (χ1) is 17.6. The Morgan fingerprint density at radius 3 is 2.65 bits per heavy atom. The van der Waals surface area contributed by atoms with Crippen LogP contribution in [-0.4, -0.2) is 55.1 Å². The van der Waals surface area contributed by atoms with Crippen molar-refractivity contribution in [3.05, 3.63) is 82.5 Å². The third kappa shape index (κ3) is 4.90. The number of benzene rings is 3. The molecule has 0 unspecified atom stereocenters. The van der Waals surface area contributed by atoms with Crippen LogP contribution in [0.3, 0.4) is 0 Å². The van der Waals surface area contributed by atoms with Crippen molar-refractivity contribution in [3.8, 4) is 0 Å². The van der Waals surface area contributed by atoms with Gasteiger partial charge in [-0.15, -0.1) is 12.4 Å². The number of halogens is 2. The number of anilines is 1. The second kappa shape index (κ2) is 10.5. The van der Waals surface area contributed by atoms with Crippen LogP contribution in [0.5, 0.6) is 0 Å². The van der Waals surface area contributed by atoms with Gasteiger partial charge in [0.25, 0.3) is 5.91 Å². The standard InChI is InChI=1S/C27H23FN4O3S.ClH/c28-21-6-3-7-23-24(21)30-27(36-23)32-14-12-31(13-15-32)11-10-29-25(33)20-16-19-18-5-2-1-4-17(18)8-9-22(19)35-26(20)34;/h1-9,16H,10-15H2,(H,29,33);1H. The average Bonchev–Trinajstić information content (AvgIpc) is 3.34. The van der Waals surface area contributed by atoms with Gasteiger partial charge in [-0.05, 0) is 35.0 Å². The molecule has 0 atom stereocenters.